The highest BCUT2D eigenvalue weighted by Gasteiger charge is 2.18. The van der Waals surface area contributed by atoms with Gasteiger partial charge in [-0.25, -0.2) is 0 Å². The normalized spacial score (nSPS) is 28.4. The first-order valence-electron chi connectivity index (χ1n) is 5.16. The zero-order chi connectivity index (χ0) is 9.68. The molecule has 0 aliphatic carbocycles. The van der Waals surface area contributed by atoms with E-state index in [1.165, 1.54) is 0 Å². The summed E-state index contributed by atoms with van der Waals surface area (Å²) in [6, 6.07) is 0.497. The van der Waals surface area contributed by atoms with Crippen molar-refractivity contribution in [1.82, 2.24) is 4.90 Å². The molecule has 3 nitrogen and oxygen atoms in total. The second-order valence-electron chi connectivity index (χ2n) is 4.06. The Morgan fingerprint density at radius 2 is 2.38 bits per heavy atom. The van der Waals surface area contributed by atoms with Crippen LogP contribution in [0.15, 0.2) is 0 Å². The molecule has 0 spiro atoms. The van der Waals surface area contributed by atoms with Crippen LogP contribution in [0, 0.1) is 5.92 Å². The predicted molar refractivity (Wildman–Crippen MR) is 52.7 cm³/mol. The van der Waals surface area contributed by atoms with Crippen molar-refractivity contribution in [2.75, 3.05) is 32.9 Å². The highest BCUT2D eigenvalue weighted by molar-refractivity contribution is 4.71. The molecular weight excluding hydrogens is 166 g/mol. The Kier molecular flexibility index (Phi) is 4.70. The minimum Gasteiger partial charge on any atom is -0.396 e. The predicted octanol–water partition coefficient (Wildman–Crippen LogP) is 0.726. The minimum absolute atomic E-state index is 0.282. The molecule has 0 bridgehead atoms. The standard InChI is InChI=1S/C10H21NO2/c1-9(7-12)6-11-4-3-5-13-8-10(11)2/h9-10,12H,3-8H2,1-2H3. The molecule has 0 aromatic carbocycles. The van der Waals surface area contributed by atoms with Crippen LogP contribution in [0.3, 0.4) is 0 Å². The first-order chi connectivity index (χ1) is 6.24. The van der Waals surface area contributed by atoms with Crippen LogP contribution in [0.25, 0.3) is 0 Å². The molecule has 0 saturated carbocycles. The largest absolute Gasteiger partial charge is 0.396 e. The van der Waals surface area contributed by atoms with Crippen LogP contribution in [0.2, 0.25) is 0 Å². The van der Waals surface area contributed by atoms with Crippen molar-refractivity contribution in [3.63, 3.8) is 0 Å². The summed E-state index contributed by atoms with van der Waals surface area (Å²) in [5, 5.41) is 8.96. The smallest absolute Gasteiger partial charge is 0.0619 e. The number of aliphatic hydroxyl groups is 1. The molecule has 13 heavy (non-hydrogen) atoms. The molecule has 3 heteroatoms. The molecule has 0 aromatic rings. The lowest BCUT2D eigenvalue weighted by Crippen LogP contribution is -2.38. The zero-order valence-corrected chi connectivity index (χ0v) is 8.70. The van der Waals surface area contributed by atoms with Gasteiger partial charge in [0.2, 0.25) is 0 Å². The van der Waals surface area contributed by atoms with Gasteiger partial charge < -0.3 is 9.84 Å². The van der Waals surface area contributed by atoms with E-state index in [1.807, 2.05) is 0 Å². The summed E-state index contributed by atoms with van der Waals surface area (Å²) in [6.45, 7) is 8.36. The average Bonchev–Trinajstić information content (AvgIpc) is 2.32. The molecule has 1 heterocycles. The first kappa shape index (κ1) is 11.0. The van der Waals surface area contributed by atoms with Gasteiger partial charge in [-0.1, -0.05) is 6.92 Å². The van der Waals surface area contributed by atoms with Gasteiger partial charge in [0.05, 0.1) is 6.61 Å². The van der Waals surface area contributed by atoms with E-state index >= 15 is 0 Å². The van der Waals surface area contributed by atoms with Gasteiger partial charge in [-0.2, -0.15) is 0 Å². The van der Waals surface area contributed by atoms with Crippen LogP contribution in [0.1, 0.15) is 20.3 Å². The van der Waals surface area contributed by atoms with Crippen molar-refractivity contribution < 1.29 is 9.84 Å². The Bertz CT molecular complexity index is 141. The van der Waals surface area contributed by atoms with Gasteiger partial charge in [0, 0.05) is 32.3 Å². The fourth-order valence-electron chi connectivity index (χ4n) is 1.68. The lowest BCUT2D eigenvalue weighted by atomic mass is 10.1. The van der Waals surface area contributed by atoms with Gasteiger partial charge >= 0.3 is 0 Å². The Morgan fingerprint density at radius 3 is 3.08 bits per heavy atom. The van der Waals surface area contributed by atoms with Gasteiger partial charge in [-0.05, 0) is 19.3 Å². The Balaban J connectivity index is 2.35. The second kappa shape index (κ2) is 5.58. The van der Waals surface area contributed by atoms with Crippen molar-refractivity contribution in [3.8, 4) is 0 Å². The maximum absolute atomic E-state index is 8.96. The van der Waals surface area contributed by atoms with Gasteiger partial charge in [-0.15, -0.1) is 0 Å². The number of rotatable bonds is 3. The number of hydrogen-bond donors (Lipinski definition) is 1. The third-order valence-corrected chi connectivity index (χ3v) is 2.57. The van der Waals surface area contributed by atoms with Crippen LogP contribution in [0.5, 0.6) is 0 Å². The van der Waals surface area contributed by atoms with Crippen LogP contribution in [-0.2, 0) is 4.74 Å². The van der Waals surface area contributed by atoms with Crippen LogP contribution >= 0.6 is 0 Å². The molecule has 1 aliphatic heterocycles. The molecule has 1 saturated heterocycles. The van der Waals surface area contributed by atoms with E-state index in [2.05, 4.69) is 18.7 Å². The molecule has 0 amide bonds. The van der Waals surface area contributed by atoms with Gasteiger partial charge in [0.15, 0.2) is 0 Å². The van der Waals surface area contributed by atoms with Crippen molar-refractivity contribution >= 4 is 0 Å². The monoisotopic (exact) mass is 187 g/mol. The molecule has 2 atom stereocenters. The summed E-state index contributed by atoms with van der Waals surface area (Å²) in [5.41, 5.74) is 0. The van der Waals surface area contributed by atoms with Crippen molar-refractivity contribution in [2.45, 2.75) is 26.3 Å². The summed E-state index contributed by atoms with van der Waals surface area (Å²) in [5.74, 6) is 0.376. The summed E-state index contributed by atoms with van der Waals surface area (Å²) in [7, 11) is 0. The lowest BCUT2D eigenvalue weighted by Gasteiger charge is -2.28. The van der Waals surface area contributed by atoms with Crippen LogP contribution < -0.4 is 0 Å². The van der Waals surface area contributed by atoms with E-state index < -0.39 is 0 Å². The minimum atomic E-state index is 0.282. The van der Waals surface area contributed by atoms with Crippen LogP contribution in [0.4, 0.5) is 0 Å². The van der Waals surface area contributed by atoms with E-state index in [-0.39, 0.29) is 6.61 Å². The zero-order valence-electron chi connectivity index (χ0n) is 8.70. The number of hydrogen-bond acceptors (Lipinski definition) is 3. The lowest BCUT2D eigenvalue weighted by molar-refractivity contribution is 0.0948. The highest BCUT2D eigenvalue weighted by Crippen LogP contribution is 2.09. The van der Waals surface area contributed by atoms with E-state index in [9.17, 15) is 0 Å². The second-order valence-corrected chi connectivity index (χ2v) is 4.06. The Morgan fingerprint density at radius 1 is 1.62 bits per heavy atom. The molecule has 2 unspecified atom stereocenters. The third kappa shape index (κ3) is 3.63. The molecule has 1 aliphatic rings. The third-order valence-electron chi connectivity index (χ3n) is 2.57. The molecule has 1 N–H and O–H groups in total. The number of ether oxygens (including phenoxy) is 1. The van der Waals surface area contributed by atoms with Crippen molar-refractivity contribution in [2.24, 2.45) is 5.92 Å². The number of nitrogens with zero attached hydrogens (tertiary/aromatic N) is 1. The molecule has 78 valence electrons. The Hall–Kier alpha value is -0.120. The molecule has 0 radical (unpaired) electrons. The molecule has 1 rings (SSSR count). The summed E-state index contributed by atoms with van der Waals surface area (Å²) < 4.78 is 5.45. The van der Waals surface area contributed by atoms with E-state index in [1.54, 1.807) is 0 Å². The summed E-state index contributed by atoms with van der Waals surface area (Å²) in [6.07, 6.45) is 1.11. The van der Waals surface area contributed by atoms with Crippen molar-refractivity contribution in [3.05, 3.63) is 0 Å². The summed E-state index contributed by atoms with van der Waals surface area (Å²) in [4.78, 5) is 2.41. The van der Waals surface area contributed by atoms with Crippen LogP contribution in [-0.4, -0.2) is 49.0 Å². The van der Waals surface area contributed by atoms with E-state index in [4.69, 9.17) is 9.84 Å². The highest BCUT2D eigenvalue weighted by atomic mass is 16.5. The van der Waals surface area contributed by atoms with Gasteiger partial charge in [0.25, 0.3) is 0 Å². The van der Waals surface area contributed by atoms with Gasteiger partial charge in [0.1, 0.15) is 0 Å². The van der Waals surface area contributed by atoms with E-state index in [0.29, 0.717) is 12.0 Å². The molecule has 1 fully saturated rings. The van der Waals surface area contributed by atoms with Crippen molar-refractivity contribution in [1.29, 1.82) is 0 Å². The fraction of sp³-hybridized carbons (Fsp3) is 1.00. The SMILES string of the molecule is CC(CO)CN1CCCOCC1C. The molecule has 0 aromatic heterocycles. The maximum atomic E-state index is 8.96. The van der Waals surface area contributed by atoms with Gasteiger partial charge in [-0.3, -0.25) is 4.90 Å². The topological polar surface area (TPSA) is 32.7 Å². The fourth-order valence-corrected chi connectivity index (χ4v) is 1.68. The number of aliphatic hydroxyl groups excluding tert-OH is 1. The maximum Gasteiger partial charge on any atom is 0.0619 e. The van der Waals surface area contributed by atoms with E-state index in [0.717, 1.165) is 32.7 Å². The first-order valence-corrected chi connectivity index (χ1v) is 5.16. The summed E-state index contributed by atoms with van der Waals surface area (Å²) >= 11 is 0. The quantitative estimate of drug-likeness (QED) is 0.707. The average molecular weight is 187 g/mol. The molecular formula is C10H21NO2. The Labute approximate surface area is 80.7 Å².